The minimum Gasteiger partial charge on any atom is -0.347 e. The van der Waals surface area contributed by atoms with Crippen LogP contribution in [0.15, 0.2) is 18.5 Å². The monoisotopic (exact) mass is 263 g/mol. The Kier molecular flexibility index (Phi) is 4.19. The van der Waals surface area contributed by atoms with Crippen molar-refractivity contribution in [3.05, 3.63) is 39.6 Å². The minimum absolute atomic E-state index is 0.287. The van der Waals surface area contributed by atoms with Gasteiger partial charge in [0.05, 0.1) is 6.04 Å². The highest BCUT2D eigenvalue weighted by atomic mass is 32.1. The summed E-state index contributed by atoms with van der Waals surface area (Å²) in [7, 11) is 0. The molecule has 3 nitrogen and oxygen atoms in total. The van der Waals surface area contributed by atoms with Crippen LogP contribution in [-0.4, -0.2) is 9.97 Å². The fraction of sp³-hybridized carbons (Fsp3) is 0.500. The number of imidazole rings is 1. The number of aromatic nitrogens is 2. The molecular formula is C14H21N3S. The van der Waals surface area contributed by atoms with E-state index < -0.39 is 0 Å². The lowest BCUT2D eigenvalue weighted by molar-refractivity contribution is 0.441. The average Bonchev–Trinajstić information content (AvgIpc) is 2.95. The lowest BCUT2D eigenvalue weighted by Crippen LogP contribution is -2.25. The molecule has 0 saturated carbocycles. The van der Waals surface area contributed by atoms with Crippen molar-refractivity contribution in [3.63, 3.8) is 0 Å². The Bertz CT molecular complexity index is 487. The number of nitrogens with one attached hydrogen (secondary N) is 2. The largest absolute Gasteiger partial charge is 0.347 e. The molecule has 2 aromatic rings. The van der Waals surface area contributed by atoms with Crippen LogP contribution in [0.3, 0.4) is 0 Å². The summed E-state index contributed by atoms with van der Waals surface area (Å²) in [5, 5.41) is 3.65. The second-order valence-corrected chi connectivity index (χ2v) is 6.15. The second-order valence-electron chi connectivity index (χ2n) is 4.69. The Balaban J connectivity index is 2.10. The molecule has 0 saturated heterocycles. The second kappa shape index (κ2) is 5.67. The summed E-state index contributed by atoms with van der Waals surface area (Å²) in [6.45, 7) is 8.76. The zero-order valence-electron chi connectivity index (χ0n) is 11.4. The van der Waals surface area contributed by atoms with Crippen molar-refractivity contribution in [1.29, 1.82) is 0 Å². The Morgan fingerprint density at radius 1 is 1.44 bits per heavy atom. The van der Waals surface area contributed by atoms with Crippen molar-refractivity contribution in [1.82, 2.24) is 15.3 Å². The fourth-order valence-electron chi connectivity index (χ4n) is 2.33. The summed E-state index contributed by atoms with van der Waals surface area (Å²) >= 11 is 1.87. The van der Waals surface area contributed by atoms with Gasteiger partial charge in [-0.2, -0.15) is 0 Å². The summed E-state index contributed by atoms with van der Waals surface area (Å²) < 4.78 is 0. The van der Waals surface area contributed by atoms with Crippen molar-refractivity contribution in [2.75, 3.05) is 0 Å². The highest BCUT2D eigenvalue weighted by molar-refractivity contribution is 7.12. The summed E-state index contributed by atoms with van der Waals surface area (Å²) in [5.74, 6) is 1.02. The zero-order valence-corrected chi connectivity index (χ0v) is 12.3. The molecule has 0 bridgehead atoms. The van der Waals surface area contributed by atoms with Gasteiger partial charge in [0.2, 0.25) is 0 Å². The van der Waals surface area contributed by atoms with E-state index in [0.717, 1.165) is 12.2 Å². The molecule has 0 fully saturated rings. The van der Waals surface area contributed by atoms with Gasteiger partial charge in [-0.25, -0.2) is 4.98 Å². The Labute approximate surface area is 113 Å². The van der Waals surface area contributed by atoms with Gasteiger partial charge in [0.1, 0.15) is 5.82 Å². The van der Waals surface area contributed by atoms with Crippen LogP contribution in [0.2, 0.25) is 0 Å². The van der Waals surface area contributed by atoms with Gasteiger partial charge in [0.25, 0.3) is 0 Å². The molecule has 0 spiro atoms. The van der Waals surface area contributed by atoms with E-state index in [1.165, 1.54) is 15.3 Å². The van der Waals surface area contributed by atoms with E-state index in [1.807, 2.05) is 23.7 Å². The Morgan fingerprint density at radius 3 is 2.72 bits per heavy atom. The standard InChI is InChI=1S/C14H21N3S/c1-5-13(14-15-6-7-16-14)17-10(3)12-8-9(2)18-11(12)4/h6-8,10,13,17H,5H2,1-4H3,(H,15,16). The van der Waals surface area contributed by atoms with Gasteiger partial charge in [-0.1, -0.05) is 6.92 Å². The van der Waals surface area contributed by atoms with Gasteiger partial charge in [0, 0.05) is 28.2 Å². The SMILES string of the molecule is CCC(NC(C)c1cc(C)sc1C)c1ncc[nH]1. The van der Waals surface area contributed by atoms with Crippen molar-refractivity contribution < 1.29 is 0 Å². The third-order valence-electron chi connectivity index (χ3n) is 3.25. The van der Waals surface area contributed by atoms with E-state index in [1.54, 1.807) is 0 Å². The third-order valence-corrected chi connectivity index (χ3v) is 4.24. The van der Waals surface area contributed by atoms with Crippen LogP contribution in [-0.2, 0) is 0 Å². The molecule has 0 aromatic carbocycles. The van der Waals surface area contributed by atoms with E-state index in [2.05, 4.69) is 49.0 Å². The molecule has 0 aliphatic heterocycles. The topological polar surface area (TPSA) is 40.7 Å². The van der Waals surface area contributed by atoms with Crippen molar-refractivity contribution in [2.45, 2.75) is 46.2 Å². The number of nitrogens with zero attached hydrogens (tertiary/aromatic N) is 1. The number of thiophene rings is 1. The molecule has 4 heteroatoms. The minimum atomic E-state index is 0.287. The first-order chi connectivity index (χ1) is 8.61. The summed E-state index contributed by atoms with van der Waals surface area (Å²) in [4.78, 5) is 10.3. The van der Waals surface area contributed by atoms with Crippen molar-refractivity contribution in [2.24, 2.45) is 0 Å². The van der Waals surface area contributed by atoms with Crippen molar-refractivity contribution in [3.8, 4) is 0 Å². The molecule has 2 rings (SSSR count). The van der Waals surface area contributed by atoms with Gasteiger partial charge in [-0.3, -0.25) is 0 Å². The average molecular weight is 263 g/mol. The lowest BCUT2D eigenvalue weighted by Gasteiger charge is -2.21. The highest BCUT2D eigenvalue weighted by Gasteiger charge is 2.17. The van der Waals surface area contributed by atoms with Gasteiger partial charge in [-0.05, 0) is 38.8 Å². The van der Waals surface area contributed by atoms with Crippen LogP contribution in [0.1, 0.15) is 53.5 Å². The molecule has 18 heavy (non-hydrogen) atoms. The molecule has 98 valence electrons. The maximum atomic E-state index is 4.35. The Hall–Kier alpha value is -1.13. The highest BCUT2D eigenvalue weighted by Crippen LogP contribution is 2.28. The van der Waals surface area contributed by atoms with Gasteiger partial charge >= 0.3 is 0 Å². The Morgan fingerprint density at radius 2 is 2.22 bits per heavy atom. The molecule has 0 amide bonds. The quantitative estimate of drug-likeness (QED) is 0.859. The molecule has 2 aromatic heterocycles. The maximum Gasteiger partial charge on any atom is 0.123 e. The molecule has 2 N–H and O–H groups in total. The van der Waals surface area contributed by atoms with E-state index in [9.17, 15) is 0 Å². The predicted molar refractivity (Wildman–Crippen MR) is 77.0 cm³/mol. The van der Waals surface area contributed by atoms with Crippen LogP contribution in [0.25, 0.3) is 0 Å². The zero-order chi connectivity index (χ0) is 13.1. The molecule has 0 aliphatic rings. The first-order valence-electron chi connectivity index (χ1n) is 6.44. The fourth-order valence-corrected chi connectivity index (χ4v) is 3.35. The molecule has 0 aliphatic carbocycles. The first-order valence-corrected chi connectivity index (χ1v) is 7.25. The maximum absolute atomic E-state index is 4.35. The van der Waals surface area contributed by atoms with E-state index in [-0.39, 0.29) is 6.04 Å². The first kappa shape index (κ1) is 13.3. The van der Waals surface area contributed by atoms with Crippen LogP contribution in [0, 0.1) is 13.8 Å². The molecule has 2 unspecified atom stereocenters. The summed E-state index contributed by atoms with van der Waals surface area (Å²) in [5.41, 5.74) is 1.41. The normalized spacial score (nSPS) is 14.7. The van der Waals surface area contributed by atoms with Crippen LogP contribution in [0.4, 0.5) is 0 Å². The molecule has 2 atom stereocenters. The van der Waals surface area contributed by atoms with Crippen LogP contribution < -0.4 is 5.32 Å². The van der Waals surface area contributed by atoms with Gasteiger partial charge in [0.15, 0.2) is 0 Å². The molecule has 0 radical (unpaired) electrons. The van der Waals surface area contributed by atoms with Crippen molar-refractivity contribution >= 4 is 11.3 Å². The van der Waals surface area contributed by atoms with Gasteiger partial charge in [-0.15, -0.1) is 11.3 Å². The van der Waals surface area contributed by atoms with E-state index in [0.29, 0.717) is 6.04 Å². The number of rotatable bonds is 5. The molecular weight excluding hydrogens is 242 g/mol. The van der Waals surface area contributed by atoms with E-state index >= 15 is 0 Å². The number of H-pyrrole nitrogens is 1. The van der Waals surface area contributed by atoms with Crippen LogP contribution in [0.5, 0.6) is 0 Å². The van der Waals surface area contributed by atoms with Gasteiger partial charge < -0.3 is 10.3 Å². The summed E-state index contributed by atoms with van der Waals surface area (Å²) in [6, 6.07) is 2.92. The number of hydrogen-bond donors (Lipinski definition) is 2. The van der Waals surface area contributed by atoms with Crippen LogP contribution >= 0.6 is 11.3 Å². The number of aromatic amines is 1. The van der Waals surface area contributed by atoms with E-state index in [4.69, 9.17) is 0 Å². The smallest absolute Gasteiger partial charge is 0.123 e. The summed E-state index contributed by atoms with van der Waals surface area (Å²) in [6.07, 6.45) is 4.72. The molecule has 2 heterocycles. The predicted octanol–water partition coefficient (Wildman–Crippen LogP) is 3.89. The number of hydrogen-bond acceptors (Lipinski definition) is 3. The number of aryl methyl sites for hydroxylation is 2. The lowest BCUT2D eigenvalue weighted by atomic mass is 10.1. The third kappa shape index (κ3) is 2.82.